The van der Waals surface area contributed by atoms with Gasteiger partial charge in [-0.3, -0.25) is 10.1 Å². The number of hydrogen-bond donors (Lipinski definition) is 1. The van der Waals surface area contributed by atoms with Gasteiger partial charge in [0.05, 0.1) is 12.2 Å². The monoisotopic (exact) mass is 200 g/mol. The van der Waals surface area contributed by atoms with Gasteiger partial charge in [0.15, 0.2) is 0 Å². The Morgan fingerprint density at radius 3 is 3.20 bits per heavy atom. The molecule has 6 nitrogen and oxygen atoms in total. The number of nitrogens with zero attached hydrogens (tertiary/aromatic N) is 5. The number of hydrogen-bond acceptors (Lipinski definition) is 3. The van der Waals surface area contributed by atoms with Crippen molar-refractivity contribution in [1.82, 2.24) is 15.2 Å². The summed E-state index contributed by atoms with van der Waals surface area (Å²) < 4.78 is 0. The lowest BCUT2D eigenvalue weighted by atomic mass is 10.2. The molecule has 0 unspecified atom stereocenters. The highest BCUT2D eigenvalue weighted by Crippen LogP contribution is 2.15. The number of pyridine rings is 1. The topological polar surface area (TPSA) is 90.3 Å². The van der Waals surface area contributed by atoms with Gasteiger partial charge in [0.25, 0.3) is 0 Å². The fraction of sp³-hybridized carbons (Fsp3) is 0.111. The van der Waals surface area contributed by atoms with Gasteiger partial charge in [-0.1, -0.05) is 5.11 Å². The van der Waals surface area contributed by atoms with Gasteiger partial charge in [0, 0.05) is 28.6 Å². The quantitative estimate of drug-likeness (QED) is 0.467. The van der Waals surface area contributed by atoms with Crippen molar-refractivity contribution in [2.75, 3.05) is 0 Å². The maximum Gasteiger partial charge on any atom is 0.0938 e. The third-order valence-electron chi connectivity index (χ3n) is 1.89. The Morgan fingerprint density at radius 1 is 1.53 bits per heavy atom. The zero-order chi connectivity index (χ0) is 10.5. The van der Waals surface area contributed by atoms with Gasteiger partial charge in [-0.2, -0.15) is 5.10 Å². The average molecular weight is 200 g/mol. The maximum absolute atomic E-state index is 8.17. The highest BCUT2D eigenvalue weighted by Gasteiger charge is 2.02. The fourth-order valence-electron chi connectivity index (χ4n) is 1.21. The van der Waals surface area contributed by atoms with E-state index in [0.29, 0.717) is 0 Å². The van der Waals surface area contributed by atoms with Crippen LogP contribution >= 0.6 is 0 Å². The summed E-state index contributed by atoms with van der Waals surface area (Å²) in [6.07, 6.45) is 3.44. The summed E-state index contributed by atoms with van der Waals surface area (Å²) >= 11 is 0. The second-order valence-corrected chi connectivity index (χ2v) is 2.91. The first-order chi connectivity index (χ1) is 7.40. The van der Waals surface area contributed by atoms with Crippen molar-refractivity contribution in [3.63, 3.8) is 0 Å². The molecule has 74 valence electrons. The van der Waals surface area contributed by atoms with Crippen molar-refractivity contribution in [2.24, 2.45) is 5.11 Å². The molecule has 0 aliphatic rings. The number of H-pyrrole nitrogens is 1. The second kappa shape index (κ2) is 4.26. The van der Waals surface area contributed by atoms with Crippen LogP contribution in [0.15, 0.2) is 35.7 Å². The molecule has 0 atom stereocenters. The first kappa shape index (κ1) is 9.23. The van der Waals surface area contributed by atoms with E-state index < -0.39 is 0 Å². The van der Waals surface area contributed by atoms with Crippen molar-refractivity contribution in [1.29, 1.82) is 0 Å². The van der Waals surface area contributed by atoms with E-state index in [1.54, 1.807) is 12.4 Å². The Bertz CT molecular complexity index is 482. The number of azide groups is 1. The molecule has 0 aliphatic carbocycles. The van der Waals surface area contributed by atoms with Gasteiger partial charge >= 0.3 is 0 Å². The molecule has 0 spiro atoms. The Hall–Kier alpha value is -2.33. The first-order valence-corrected chi connectivity index (χ1v) is 4.35. The lowest BCUT2D eigenvalue weighted by Crippen LogP contribution is -1.78. The van der Waals surface area contributed by atoms with E-state index in [0.717, 1.165) is 17.0 Å². The molecule has 2 aromatic rings. The van der Waals surface area contributed by atoms with Gasteiger partial charge in [0.2, 0.25) is 0 Å². The molecule has 0 fully saturated rings. The van der Waals surface area contributed by atoms with E-state index in [2.05, 4.69) is 25.2 Å². The summed E-state index contributed by atoms with van der Waals surface area (Å²) in [6, 6.07) is 5.60. The smallest absolute Gasteiger partial charge is 0.0938 e. The largest absolute Gasteiger partial charge is 0.282 e. The number of rotatable bonds is 3. The third-order valence-corrected chi connectivity index (χ3v) is 1.89. The molecule has 2 rings (SSSR count). The molecule has 0 aliphatic heterocycles. The van der Waals surface area contributed by atoms with Crippen LogP contribution < -0.4 is 0 Å². The molecular weight excluding hydrogens is 192 g/mol. The highest BCUT2D eigenvalue weighted by molar-refractivity contribution is 5.57. The highest BCUT2D eigenvalue weighted by atomic mass is 15.2. The average Bonchev–Trinajstić information content (AvgIpc) is 2.76. The Kier molecular flexibility index (Phi) is 2.62. The molecular formula is C9H8N6. The first-order valence-electron chi connectivity index (χ1n) is 4.35. The predicted octanol–water partition coefficient (Wildman–Crippen LogP) is 2.28. The lowest BCUT2D eigenvalue weighted by molar-refractivity contribution is 0.939. The van der Waals surface area contributed by atoms with Crippen molar-refractivity contribution in [3.8, 4) is 11.3 Å². The van der Waals surface area contributed by atoms with E-state index in [4.69, 9.17) is 5.53 Å². The molecule has 6 heteroatoms. The van der Waals surface area contributed by atoms with Crippen LogP contribution in [0.1, 0.15) is 5.69 Å². The molecule has 2 heterocycles. The summed E-state index contributed by atoms with van der Waals surface area (Å²) in [5, 5.41) is 10.3. The van der Waals surface area contributed by atoms with Crippen molar-refractivity contribution in [2.45, 2.75) is 6.54 Å². The number of nitrogens with one attached hydrogen (secondary N) is 1. The molecule has 0 bridgehead atoms. The van der Waals surface area contributed by atoms with Crippen LogP contribution in [0, 0.1) is 0 Å². The minimum atomic E-state index is 0.282. The second-order valence-electron chi connectivity index (χ2n) is 2.91. The van der Waals surface area contributed by atoms with Crippen LogP contribution in [0.3, 0.4) is 0 Å². The molecule has 0 amide bonds. The maximum atomic E-state index is 8.17. The molecule has 1 N–H and O–H groups in total. The van der Waals surface area contributed by atoms with Gasteiger partial charge < -0.3 is 0 Å². The molecule has 2 aromatic heterocycles. The number of aromatic amines is 1. The molecule has 0 aromatic carbocycles. The fourth-order valence-corrected chi connectivity index (χ4v) is 1.21. The lowest BCUT2D eigenvalue weighted by Gasteiger charge is -1.91. The van der Waals surface area contributed by atoms with Gasteiger partial charge in [-0.15, -0.1) is 0 Å². The van der Waals surface area contributed by atoms with Gasteiger partial charge in [-0.05, 0) is 23.7 Å². The molecule has 15 heavy (non-hydrogen) atoms. The van der Waals surface area contributed by atoms with Gasteiger partial charge in [0.1, 0.15) is 0 Å². The van der Waals surface area contributed by atoms with Crippen molar-refractivity contribution in [3.05, 3.63) is 46.7 Å². The molecule has 0 radical (unpaired) electrons. The summed E-state index contributed by atoms with van der Waals surface area (Å²) in [6.45, 7) is 0.282. The van der Waals surface area contributed by atoms with E-state index in [-0.39, 0.29) is 6.54 Å². The van der Waals surface area contributed by atoms with Crippen LogP contribution in [0.25, 0.3) is 21.7 Å². The van der Waals surface area contributed by atoms with E-state index in [1.807, 2.05) is 18.2 Å². The standard InChI is InChI=1S/C9H8N6/c10-15-12-6-8-4-9(14-13-8)7-2-1-3-11-5-7/h1-5H,6H2,(H,13,14). The molecule has 0 saturated carbocycles. The SMILES string of the molecule is [N-]=[N+]=NCc1cc(-c2cccnc2)n[nH]1. The predicted molar refractivity (Wildman–Crippen MR) is 54.7 cm³/mol. The zero-order valence-electron chi connectivity index (χ0n) is 7.83. The minimum Gasteiger partial charge on any atom is -0.282 e. The van der Waals surface area contributed by atoms with Crippen LogP contribution in [0.2, 0.25) is 0 Å². The van der Waals surface area contributed by atoms with Crippen LogP contribution in [0.4, 0.5) is 0 Å². The van der Waals surface area contributed by atoms with Crippen LogP contribution in [-0.2, 0) is 6.54 Å². The Labute approximate surface area is 85.6 Å². The number of aromatic nitrogens is 3. The van der Waals surface area contributed by atoms with E-state index in [1.165, 1.54) is 0 Å². The van der Waals surface area contributed by atoms with Crippen LogP contribution in [-0.4, -0.2) is 15.2 Å². The zero-order valence-corrected chi connectivity index (χ0v) is 7.83. The molecule has 0 saturated heterocycles. The summed E-state index contributed by atoms with van der Waals surface area (Å²) in [4.78, 5) is 6.67. The van der Waals surface area contributed by atoms with Crippen LogP contribution in [0.5, 0.6) is 0 Å². The van der Waals surface area contributed by atoms with Gasteiger partial charge in [-0.25, -0.2) is 0 Å². The summed E-state index contributed by atoms with van der Waals surface area (Å²) in [7, 11) is 0. The summed E-state index contributed by atoms with van der Waals surface area (Å²) in [5.74, 6) is 0. The summed E-state index contributed by atoms with van der Waals surface area (Å²) in [5.41, 5.74) is 10.7. The minimum absolute atomic E-state index is 0.282. The van der Waals surface area contributed by atoms with E-state index in [9.17, 15) is 0 Å². The van der Waals surface area contributed by atoms with E-state index >= 15 is 0 Å². The normalized spacial score (nSPS) is 9.60. The van der Waals surface area contributed by atoms with Crippen molar-refractivity contribution >= 4 is 0 Å². The Morgan fingerprint density at radius 2 is 2.47 bits per heavy atom. The van der Waals surface area contributed by atoms with Crippen molar-refractivity contribution < 1.29 is 0 Å². The Balaban J connectivity index is 2.24. The third kappa shape index (κ3) is 2.12.